The quantitative estimate of drug-likeness (QED) is 0.602. The molecule has 2 rings (SSSR count). The lowest BCUT2D eigenvalue weighted by atomic mass is 10.6. The highest BCUT2D eigenvalue weighted by Crippen LogP contribution is 2.17. The Hall–Kier alpha value is -0.920. The average Bonchev–Trinajstić information content (AvgIpc) is 2.94. The summed E-state index contributed by atoms with van der Waals surface area (Å²) in [7, 11) is -3.43. The first kappa shape index (κ1) is 11.6. The first-order valence-corrected chi connectivity index (χ1v) is 6.81. The van der Waals surface area contributed by atoms with Crippen LogP contribution in [0.2, 0.25) is 0 Å². The van der Waals surface area contributed by atoms with Crippen LogP contribution in [0.25, 0.3) is 0 Å². The SMILES string of the molecule is Cc1ncc(S(=O)(=O)NCCNC2CC2)[nH]1. The molecular formula is C9H16N4O2S. The number of nitrogens with one attached hydrogen (secondary N) is 3. The maximum absolute atomic E-state index is 11.7. The van der Waals surface area contributed by atoms with Crippen LogP contribution in [-0.2, 0) is 10.0 Å². The van der Waals surface area contributed by atoms with E-state index in [0.717, 1.165) is 0 Å². The van der Waals surface area contributed by atoms with Crippen molar-refractivity contribution in [1.29, 1.82) is 0 Å². The third-order valence-electron chi connectivity index (χ3n) is 2.40. The predicted octanol–water partition coefficient (Wildman–Crippen LogP) is -0.252. The van der Waals surface area contributed by atoms with Gasteiger partial charge >= 0.3 is 0 Å². The van der Waals surface area contributed by atoms with E-state index in [1.54, 1.807) is 6.92 Å². The van der Waals surface area contributed by atoms with Gasteiger partial charge in [-0.3, -0.25) is 0 Å². The summed E-state index contributed by atoms with van der Waals surface area (Å²) in [6.45, 7) is 2.78. The normalized spacial score (nSPS) is 16.6. The van der Waals surface area contributed by atoms with Crippen LogP contribution in [0.15, 0.2) is 11.2 Å². The predicted molar refractivity (Wildman–Crippen MR) is 59.5 cm³/mol. The molecule has 0 atom stereocenters. The molecular weight excluding hydrogens is 228 g/mol. The van der Waals surface area contributed by atoms with Crippen LogP contribution in [0.5, 0.6) is 0 Å². The molecule has 0 bridgehead atoms. The molecule has 90 valence electrons. The van der Waals surface area contributed by atoms with Crippen molar-refractivity contribution in [3.63, 3.8) is 0 Å². The van der Waals surface area contributed by atoms with Gasteiger partial charge in [0, 0.05) is 19.1 Å². The summed E-state index contributed by atoms with van der Waals surface area (Å²) in [6.07, 6.45) is 3.73. The van der Waals surface area contributed by atoms with Crippen molar-refractivity contribution in [3.05, 3.63) is 12.0 Å². The first-order chi connectivity index (χ1) is 7.58. The average molecular weight is 244 g/mol. The standard InChI is InChI=1S/C9H16N4O2S/c1-7-11-6-9(13-7)16(14,15)12-5-4-10-8-2-3-8/h6,8,10,12H,2-5H2,1H3,(H,11,13). The number of imidazole rings is 1. The molecule has 0 spiro atoms. The number of hydrogen-bond donors (Lipinski definition) is 3. The molecule has 0 amide bonds. The van der Waals surface area contributed by atoms with Gasteiger partial charge in [-0.1, -0.05) is 0 Å². The number of aromatic amines is 1. The zero-order valence-corrected chi connectivity index (χ0v) is 9.97. The van der Waals surface area contributed by atoms with Crippen LogP contribution >= 0.6 is 0 Å². The Kier molecular flexibility index (Phi) is 3.27. The van der Waals surface area contributed by atoms with Gasteiger partial charge in [-0.2, -0.15) is 0 Å². The lowest BCUT2D eigenvalue weighted by Gasteiger charge is -2.05. The first-order valence-electron chi connectivity index (χ1n) is 5.32. The van der Waals surface area contributed by atoms with E-state index >= 15 is 0 Å². The van der Waals surface area contributed by atoms with Gasteiger partial charge in [-0.05, 0) is 19.8 Å². The van der Waals surface area contributed by atoms with Crippen LogP contribution in [0.4, 0.5) is 0 Å². The van der Waals surface area contributed by atoms with Gasteiger partial charge in [0.2, 0.25) is 0 Å². The summed E-state index contributed by atoms with van der Waals surface area (Å²) in [6, 6.07) is 0.596. The summed E-state index contributed by atoms with van der Waals surface area (Å²) in [5.74, 6) is 0.594. The lowest BCUT2D eigenvalue weighted by molar-refractivity contribution is 0.572. The van der Waals surface area contributed by atoms with E-state index in [4.69, 9.17) is 0 Å². The maximum atomic E-state index is 11.7. The minimum atomic E-state index is -3.43. The van der Waals surface area contributed by atoms with Crippen LogP contribution in [0.1, 0.15) is 18.7 Å². The molecule has 1 aliphatic carbocycles. The Bertz CT molecular complexity index is 450. The molecule has 0 aromatic carbocycles. The smallest absolute Gasteiger partial charge is 0.257 e. The second-order valence-electron chi connectivity index (χ2n) is 3.96. The fourth-order valence-electron chi connectivity index (χ4n) is 1.36. The van der Waals surface area contributed by atoms with Crippen molar-refractivity contribution in [2.75, 3.05) is 13.1 Å². The molecule has 1 heterocycles. The molecule has 16 heavy (non-hydrogen) atoms. The zero-order valence-electron chi connectivity index (χ0n) is 9.16. The Morgan fingerprint density at radius 3 is 2.81 bits per heavy atom. The maximum Gasteiger partial charge on any atom is 0.257 e. The van der Waals surface area contributed by atoms with Crippen molar-refractivity contribution in [3.8, 4) is 0 Å². The van der Waals surface area contributed by atoms with Crippen LogP contribution in [0, 0.1) is 6.92 Å². The van der Waals surface area contributed by atoms with Gasteiger partial charge in [-0.25, -0.2) is 18.1 Å². The monoisotopic (exact) mass is 244 g/mol. The van der Waals surface area contributed by atoms with Gasteiger partial charge in [0.25, 0.3) is 10.0 Å². The third-order valence-corrected chi connectivity index (χ3v) is 3.77. The highest BCUT2D eigenvalue weighted by atomic mass is 32.2. The highest BCUT2D eigenvalue weighted by Gasteiger charge is 2.20. The molecule has 0 aliphatic heterocycles. The Morgan fingerprint density at radius 2 is 2.25 bits per heavy atom. The molecule has 1 saturated carbocycles. The molecule has 1 aromatic heterocycles. The summed E-state index contributed by atoms with van der Waals surface area (Å²) >= 11 is 0. The Morgan fingerprint density at radius 1 is 1.50 bits per heavy atom. The van der Waals surface area contributed by atoms with E-state index in [0.29, 0.717) is 25.0 Å². The highest BCUT2D eigenvalue weighted by molar-refractivity contribution is 7.89. The largest absolute Gasteiger partial charge is 0.332 e. The van der Waals surface area contributed by atoms with Gasteiger partial charge in [0.05, 0.1) is 6.20 Å². The molecule has 1 aromatic rings. The number of nitrogens with zero attached hydrogens (tertiary/aromatic N) is 1. The summed E-state index contributed by atoms with van der Waals surface area (Å²) in [5, 5.41) is 3.35. The number of H-pyrrole nitrogens is 1. The second kappa shape index (κ2) is 4.52. The van der Waals surface area contributed by atoms with Crippen LogP contribution < -0.4 is 10.0 Å². The van der Waals surface area contributed by atoms with E-state index in [2.05, 4.69) is 20.0 Å². The fraction of sp³-hybridized carbons (Fsp3) is 0.667. The fourth-order valence-corrected chi connectivity index (χ4v) is 2.36. The third kappa shape index (κ3) is 3.03. The number of hydrogen-bond acceptors (Lipinski definition) is 4. The van der Waals surface area contributed by atoms with Crippen LogP contribution in [-0.4, -0.2) is 37.5 Å². The van der Waals surface area contributed by atoms with E-state index in [1.165, 1.54) is 19.0 Å². The van der Waals surface area contributed by atoms with Crippen molar-refractivity contribution >= 4 is 10.0 Å². The molecule has 1 fully saturated rings. The van der Waals surface area contributed by atoms with Crippen molar-refractivity contribution < 1.29 is 8.42 Å². The molecule has 0 saturated heterocycles. The van der Waals surface area contributed by atoms with Crippen LogP contribution in [0.3, 0.4) is 0 Å². The van der Waals surface area contributed by atoms with Gasteiger partial charge in [-0.15, -0.1) is 0 Å². The molecule has 6 nitrogen and oxygen atoms in total. The summed E-state index contributed by atoms with van der Waals surface area (Å²) in [4.78, 5) is 6.56. The van der Waals surface area contributed by atoms with E-state index in [1.807, 2.05) is 0 Å². The molecule has 0 unspecified atom stereocenters. The van der Waals surface area contributed by atoms with Gasteiger partial charge in [0.15, 0.2) is 5.03 Å². The molecule has 7 heteroatoms. The minimum Gasteiger partial charge on any atom is -0.332 e. The second-order valence-corrected chi connectivity index (χ2v) is 5.69. The van der Waals surface area contributed by atoms with E-state index in [-0.39, 0.29) is 5.03 Å². The minimum absolute atomic E-state index is 0.122. The Labute approximate surface area is 94.9 Å². The number of aryl methyl sites for hydroxylation is 1. The van der Waals surface area contributed by atoms with Crippen molar-refractivity contribution in [2.24, 2.45) is 0 Å². The number of aromatic nitrogens is 2. The van der Waals surface area contributed by atoms with Gasteiger partial charge < -0.3 is 10.3 Å². The van der Waals surface area contributed by atoms with E-state index < -0.39 is 10.0 Å². The van der Waals surface area contributed by atoms with Crippen molar-refractivity contribution in [1.82, 2.24) is 20.0 Å². The molecule has 1 aliphatic rings. The summed E-state index contributed by atoms with van der Waals surface area (Å²) < 4.78 is 25.9. The number of rotatable bonds is 6. The number of sulfonamides is 1. The summed E-state index contributed by atoms with van der Waals surface area (Å²) in [5.41, 5.74) is 0. The molecule has 3 N–H and O–H groups in total. The van der Waals surface area contributed by atoms with E-state index in [9.17, 15) is 8.42 Å². The molecule has 0 radical (unpaired) electrons. The zero-order chi connectivity index (χ0) is 11.6. The van der Waals surface area contributed by atoms with Crippen molar-refractivity contribution in [2.45, 2.75) is 30.8 Å². The Balaban J connectivity index is 1.82. The topological polar surface area (TPSA) is 86.9 Å². The van der Waals surface area contributed by atoms with Gasteiger partial charge in [0.1, 0.15) is 5.82 Å². The lowest BCUT2D eigenvalue weighted by Crippen LogP contribution is -2.32.